The molecule has 3 aromatic rings. The lowest BCUT2D eigenvalue weighted by Gasteiger charge is -2.22. The second-order valence-electron chi connectivity index (χ2n) is 7.12. The van der Waals surface area contributed by atoms with E-state index in [9.17, 15) is 4.79 Å². The van der Waals surface area contributed by atoms with E-state index in [0.29, 0.717) is 12.5 Å². The molecule has 2 aromatic heterocycles. The first-order valence-electron chi connectivity index (χ1n) is 9.24. The van der Waals surface area contributed by atoms with E-state index in [4.69, 9.17) is 4.98 Å². The van der Waals surface area contributed by atoms with Crippen LogP contribution in [0, 0.1) is 0 Å². The van der Waals surface area contributed by atoms with Crippen molar-refractivity contribution >= 4 is 50.8 Å². The van der Waals surface area contributed by atoms with Crippen molar-refractivity contribution in [2.24, 2.45) is 0 Å². The molecular weight excluding hydrogens is 468 g/mol. The average molecular weight is 491 g/mol. The molecule has 0 radical (unpaired) electrons. The van der Waals surface area contributed by atoms with Crippen molar-refractivity contribution in [3.05, 3.63) is 63.8 Å². The minimum atomic E-state index is -0.459. The van der Waals surface area contributed by atoms with E-state index in [2.05, 4.69) is 48.3 Å². The van der Waals surface area contributed by atoms with Crippen LogP contribution in [0.2, 0.25) is 0 Å². The Balaban J connectivity index is 1.70. The zero-order chi connectivity index (χ0) is 20.9. The lowest BCUT2D eigenvalue weighted by molar-refractivity contribution is -0.118. The van der Waals surface area contributed by atoms with Crippen LogP contribution in [0.5, 0.6) is 0 Å². The summed E-state index contributed by atoms with van der Waals surface area (Å²) in [5, 5.41) is 2.07. The summed E-state index contributed by atoms with van der Waals surface area (Å²) in [4.78, 5) is 27.5. The van der Waals surface area contributed by atoms with Crippen LogP contribution in [0.1, 0.15) is 32.0 Å². The molecule has 8 heteroatoms. The van der Waals surface area contributed by atoms with E-state index in [-0.39, 0.29) is 5.78 Å². The summed E-state index contributed by atoms with van der Waals surface area (Å²) in [5.41, 5.74) is 2.21. The van der Waals surface area contributed by atoms with Crippen LogP contribution >= 0.6 is 39.0 Å². The minimum Gasteiger partial charge on any atom is -0.336 e. The van der Waals surface area contributed by atoms with Gasteiger partial charge >= 0.3 is 0 Å². The quantitative estimate of drug-likeness (QED) is 0.374. The number of hydrogen-bond donors (Lipinski definition) is 0. The molecule has 0 N–H and O–H groups in total. The number of thiazole rings is 1. The number of anilines is 1. The Morgan fingerprint density at radius 2 is 2.00 bits per heavy atom. The number of nitrogens with zero attached hydrogens (tertiary/aromatic N) is 4. The topological polar surface area (TPSA) is 59.0 Å². The van der Waals surface area contributed by atoms with Gasteiger partial charge in [0.15, 0.2) is 4.34 Å². The third-order valence-electron chi connectivity index (χ3n) is 4.46. The zero-order valence-electron chi connectivity index (χ0n) is 16.6. The fourth-order valence-corrected chi connectivity index (χ4v) is 5.28. The highest BCUT2D eigenvalue weighted by Gasteiger charge is 2.26. The largest absolute Gasteiger partial charge is 0.336 e. The Labute approximate surface area is 188 Å². The molecule has 0 fully saturated rings. The average Bonchev–Trinajstić information content (AvgIpc) is 3.12. The summed E-state index contributed by atoms with van der Waals surface area (Å²) in [6.07, 6.45) is 4.30. The van der Waals surface area contributed by atoms with Crippen LogP contribution in [0.25, 0.3) is 0 Å². The van der Waals surface area contributed by atoms with Gasteiger partial charge in [0.1, 0.15) is 5.78 Å². The molecule has 29 heavy (non-hydrogen) atoms. The van der Waals surface area contributed by atoms with Crippen molar-refractivity contribution < 1.29 is 4.79 Å². The van der Waals surface area contributed by atoms with Crippen LogP contribution < -0.4 is 4.90 Å². The first-order valence-corrected chi connectivity index (χ1v) is 11.7. The molecule has 0 aliphatic heterocycles. The maximum Gasteiger partial charge on any atom is 0.225 e. The summed E-state index contributed by atoms with van der Waals surface area (Å²) < 4.78 is 1.52. The molecule has 0 spiro atoms. The number of benzene rings is 1. The third-order valence-corrected chi connectivity index (χ3v) is 7.23. The number of hydrogen-bond acceptors (Lipinski definition) is 7. The number of Topliss-reactive ketones (excluding diaryl/α,β-unsaturated/α-hetero) is 1. The van der Waals surface area contributed by atoms with E-state index < -0.39 is 4.75 Å². The van der Waals surface area contributed by atoms with E-state index in [1.807, 2.05) is 32.0 Å². The Morgan fingerprint density at radius 1 is 1.24 bits per heavy atom. The summed E-state index contributed by atoms with van der Waals surface area (Å²) >= 11 is 6.65. The lowest BCUT2D eigenvalue weighted by Crippen LogP contribution is -2.27. The van der Waals surface area contributed by atoms with E-state index in [0.717, 1.165) is 27.5 Å². The molecule has 1 aromatic carbocycles. The fraction of sp³-hybridized carbons (Fsp3) is 0.333. The molecule has 5 nitrogen and oxygen atoms in total. The van der Waals surface area contributed by atoms with Crippen LogP contribution in [-0.2, 0) is 17.8 Å². The van der Waals surface area contributed by atoms with Gasteiger partial charge in [0.2, 0.25) is 5.95 Å². The summed E-state index contributed by atoms with van der Waals surface area (Å²) in [6, 6.07) is 10.1. The molecule has 152 valence electrons. The molecule has 2 heterocycles. The maximum absolute atomic E-state index is 11.8. The van der Waals surface area contributed by atoms with E-state index in [1.54, 1.807) is 30.7 Å². The number of ketones is 1. The molecule has 0 atom stereocenters. The SMILES string of the molecule is CC(=O)C(C)(C)Sc1nc(CCN(Cc2cccc(Br)c2)c2ncccn2)cs1. The fourth-order valence-electron chi connectivity index (χ4n) is 2.55. The second-order valence-corrected chi connectivity index (χ2v) is 10.8. The predicted molar refractivity (Wildman–Crippen MR) is 124 cm³/mol. The third kappa shape index (κ3) is 6.35. The van der Waals surface area contributed by atoms with Crippen molar-refractivity contribution in [1.82, 2.24) is 15.0 Å². The smallest absolute Gasteiger partial charge is 0.225 e. The lowest BCUT2D eigenvalue weighted by atomic mass is 10.1. The number of rotatable bonds is 9. The predicted octanol–water partition coefficient (Wildman–Crippen LogP) is 5.40. The van der Waals surface area contributed by atoms with Gasteiger partial charge in [-0.2, -0.15) is 0 Å². The van der Waals surface area contributed by atoms with Gasteiger partial charge in [0.05, 0.1) is 10.4 Å². The van der Waals surface area contributed by atoms with Gasteiger partial charge in [-0.05, 0) is 44.5 Å². The van der Waals surface area contributed by atoms with Gasteiger partial charge in [-0.3, -0.25) is 4.79 Å². The molecular formula is C21H23BrN4OS2. The number of aromatic nitrogens is 3. The number of halogens is 1. The van der Waals surface area contributed by atoms with Crippen LogP contribution in [-0.4, -0.2) is 32.0 Å². The monoisotopic (exact) mass is 490 g/mol. The molecule has 0 saturated carbocycles. The molecule has 0 bridgehead atoms. The highest BCUT2D eigenvalue weighted by Crippen LogP contribution is 2.35. The number of carbonyl (C=O) groups is 1. The first kappa shape index (κ1) is 21.9. The van der Waals surface area contributed by atoms with Gasteiger partial charge in [0.25, 0.3) is 0 Å². The number of thioether (sulfide) groups is 1. The maximum atomic E-state index is 11.8. The Morgan fingerprint density at radius 3 is 2.69 bits per heavy atom. The van der Waals surface area contributed by atoms with Gasteiger partial charge < -0.3 is 4.90 Å². The molecule has 0 saturated heterocycles. The van der Waals surface area contributed by atoms with E-state index in [1.165, 1.54) is 17.3 Å². The van der Waals surface area contributed by atoms with Crippen molar-refractivity contribution in [2.45, 2.75) is 42.8 Å². The van der Waals surface area contributed by atoms with Crippen molar-refractivity contribution in [2.75, 3.05) is 11.4 Å². The summed E-state index contributed by atoms with van der Waals surface area (Å²) in [7, 11) is 0. The molecule has 0 aliphatic carbocycles. The Bertz CT molecular complexity index is 962. The van der Waals surface area contributed by atoms with Gasteiger partial charge in [-0.25, -0.2) is 15.0 Å². The van der Waals surface area contributed by atoms with Crippen molar-refractivity contribution in [3.8, 4) is 0 Å². The molecule has 0 unspecified atom stereocenters. The highest BCUT2D eigenvalue weighted by atomic mass is 79.9. The highest BCUT2D eigenvalue weighted by molar-refractivity contribution is 9.10. The van der Waals surface area contributed by atoms with Crippen molar-refractivity contribution in [1.29, 1.82) is 0 Å². The Kier molecular flexibility index (Phi) is 7.43. The van der Waals surface area contributed by atoms with Gasteiger partial charge in [-0.15, -0.1) is 11.3 Å². The van der Waals surface area contributed by atoms with Gasteiger partial charge in [-0.1, -0.05) is 39.8 Å². The first-order chi connectivity index (χ1) is 13.8. The molecule has 3 rings (SSSR count). The van der Waals surface area contributed by atoms with Crippen LogP contribution in [0.3, 0.4) is 0 Å². The van der Waals surface area contributed by atoms with Crippen LogP contribution in [0.15, 0.2) is 56.9 Å². The summed E-state index contributed by atoms with van der Waals surface area (Å²) in [6.45, 7) is 6.97. The minimum absolute atomic E-state index is 0.153. The summed E-state index contributed by atoms with van der Waals surface area (Å²) in [5.74, 6) is 0.857. The van der Waals surface area contributed by atoms with Crippen LogP contribution in [0.4, 0.5) is 5.95 Å². The van der Waals surface area contributed by atoms with Crippen molar-refractivity contribution in [3.63, 3.8) is 0 Å². The number of carbonyl (C=O) groups excluding carboxylic acids is 1. The molecule has 0 amide bonds. The Hall–Kier alpha value is -1.77. The standard InChI is InChI=1S/C21H23BrN4OS2/c1-15(27)21(2,3)29-20-25-18(14-28-20)8-11-26(19-23-9-5-10-24-19)13-16-6-4-7-17(22)12-16/h4-7,9-10,12,14H,8,11,13H2,1-3H3. The van der Waals surface area contributed by atoms with Gasteiger partial charge in [0, 0.05) is 41.8 Å². The molecule has 0 aliphatic rings. The zero-order valence-corrected chi connectivity index (χ0v) is 19.9. The normalized spacial score (nSPS) is 11.4. The second kappa shape index (κ2) is 9.82. The van der Waals surface area contributed by atoms with E-state index >= 15 is 0 Å².